The van der Waals surface area contributed by atoms with E-state index in [-0.39, 0.29) is 17.2 Å². The largest absolute Gasteiger partial charge is 0.486 e. The van der Waals surface area contributed by atoms with Crippen LogP contribution in [-0.2, 0) is 30.3 Å². The summed E-state index contributed by atoms with van der Waals surface area (Å²) in [6, 6.07) is 15.0. The van der Waals surface area contributed by atoms with E-state index in [0.29, 0.717) is 48.6 Å². The summed E-state index contributed by atoms with van der Waals surface area (Å²) >= 11 is 8.92. The third-order valence-corrected chi connectivity index (χ3v) is 15.3. The van der Waals surface area contributed by atoms with E-state index in [1.54, 1.807) is 32.7 Å². The molecular weight excluding hydrogens is 903 g/mol. The van der Waals surface area contributed by atoms with Gasteiger partial charge >= 0.3 is 0 Å². The van der Waals surface area contributed by atoms with Gasteiger partial charge in [0.1, 0.15) is 23.8 Å². The lowest BCUT2D eigenvalue weighted by Gasteiger charge is -2.34. The Labute approximate surface area is 410 Å². The highest BCUT2D eigenvalue weighted by atomic mass is 35.5. The molecule has 4 aliphatic rings. The van der Waals surface area contributed by atoms with Crippen molar-refractivity contribution < 1.29 is 32.9 Å². The minimum absolute atomic E-state index is 0.0762. The summed E-state index contributed by atoms with van der Waals surface area (Å²) in [4.78, 5) is 25.5. The fourth-order valence-corrected chi connectivity index (χ4v) is 11.0. The molecule has 4 fully saturated rings. The number of aromatic nitrogens is 4. The highest BCUT2D eigenvalue weighted by Gasteiger charge is 2.43. The summed E-state index contributed by atoms with van der Waals surface area (Å²) in [6.45, 7) is 7.49. The van der Waals surface area contributed by atoms with E-state index in [1.807, 2.05) is 29.1 Å². The van der Waals surface area contributed by atoms with Gasteiger partial charge in [0.05, 0.1) is 16.7 Å². The van der Waals surface area contributed by atoms with Crippen LogP contribution >= 0.6 is 23.4 Å². The van der Waals surface area contributed by atoms with E-state index in [1.165, 1.54) is 58.1 Å². The highest BCUT2D eigenvalue weighted by molar-refractivity contribution is 7.99. The number of carbonyl (C=O) groups is 1. The smallest absolute Gasteiger partial charge is 0.295 e. The number of nitrogens with zero attached hydrogens (tertiary/aromatic N) is 6. The molecule has 2 unspecified atom stereocenters. The zero-order chi connectivity index (χ0) is 47.6. The predicted molar refractivity (Wildman–Crippen MR) is 269 cm³/mol. The van der Waals surface area contributed by atoms with Gasteiger partial charge in [0, 0.05) is 100 Å². The lowest BCUT2D eigenvalue weighted by molar-refractivity contribution is -0.192. The lowest BCUT2D eigenvalue weighted by atomic mass is 9.91. The number of ether oxygens (including phenoxy) is 5. The number of hydrogen-bond acceptors (Lipinski definition) is 12. The number of benzene rings is 3. The van der Waals surface area contributed by atoms with Crippen LogP contribution in [0.5, 0.6) is 5.75 Å². The van der Waals surface area contributed by atoms with Crippen molar-refractivity contribution >= 4 is 57.5 Å². The van der Waals surface area contributed by atoms with Gasteiger partial charge in [0.25, 0.3) is 6.47 Å². The molecule has 12 nitrogen and oxygen atoms in total. The van der Waals surface area contributed by atoms with E-state index in [0.717, 1.165) is 121 Å². The van der Waals surface area contributed by atoms with Crippen molar-refractivity contribution in [3.8, 4) is 16.9 Å². The molecular formula is C53H70ClFN6O6S. The number of unbranched alkanes of at least 4 members (excludes halogenated alkanes) is 8. The quantitative estimate of drug-likeness (QED) is 0.0204. The van der Waals surface area contributed by atoms with E-state index < -0.39 is 11.6 Å². The maximum absolute atomic E-state index is 16.4. The van der Waals surface area contributed by atoms with Crippen molar-refractivity contribution in [2.45, 2.75) is 152 Å². The Morgan fingerprint density at radius 3 is 2.29 bits per heavy atom. The van der Waals surface area contributed by atoms with Crippen molar-refractivity contribution in [3.63, 3.8) is 0 Å². The first-order chi connectivity index (χ1) is 33.1. The van der Waals surface area contributed by atoms with E-state index >= 15 is 4.39 Å². The number of likely N-dealkylation sites (tertiary alicyclic amines) is 1. The molecule has 2 aromatic heterocycles. The van der Waals surface area contributed by atoms with E-state index in [9.17, 15) is 4.79 Å². The van der Waals surface area contributed by atoms with Gasteiger partial charge < -0.3 is 28.6 Å². The van der Waals surface area contributed by atoms with Crippen LogP contribution in [-0.4, -0.2) is 102 Å². The second-order valence-corrected chi connectivity index (χ2v) is 20.8. The van der Waals surface area contributed by atoms with Crippen LogP contribution in [0.4, 0.5) is 10.2 Å². The van der Waals surface area contributed by atoms with Gasteiger partial charge in [-0.1, -0.05) is 98.6 Å². The number of rotatable bonds is 23. The Morgan fingerprint density at radius 2 is 1.66 bits per heavy atom. The molecule has 1 aliphatic carbocycles. The minimum Gasteiger partial charge on any atom is -0.486 e. The SMILES string of the molecule is COC(C)(C)OC=O.COCCCCCCCCCCCSc1nc(N2C[C@@H]3CC2CN3C)c2cc(C3CC3)c(-c3c(Cl)c(F)cc4c3cnn4C3CCCCO3)c(OCc3ccccc3)c2n1. The number of fused-ring (bicyclic) bond motifs is 4. The summed E-state index contributed by atoms with van der Waals surface area (Å²) in [5.74, 6) is 1.61. The number of thioether (sulfide) groups is 1. The molecule has 0 amide bonds. The van der Waals surface area contributed by atoms with Gasteiger partial charge in [-0.15, -0.1) is 0 Å². The summed E-state index contributed by atoms with van der Waals surface area (Å²) < 4.78 is 45.8. The van der Waals surface area contributed by atoms with Crippen molar-refractivity contribution in [3.05, 3.63) is 70.6 Å². The molecule has 0 radical (unpaired) electrons. The average Bonchev–Trinajstić information content (AvgIpc) is 3.83. The lowest BCUT2D eigenvalue weighted by Crippen LogP contribution is -2.45. The molecule has 9 rings (SSSR count). The fourth-order valence-electron chi connectivity index (χ4n) is 9.91. The molecule has 3 atom stereocenters. The summed E-state index contributed by atoms with van der Waals surface area (Å²) in [5.41, 5.74) is 5.03. The van der Waals surface area contributed by atoms with E-state index in [4.69, 9.17) is 45.6 Å². The summed E-state index contributed by atoms with van der Waals surface area (Å²) in [6.07, 6.45) is 18.9. The van der Waals surface area contributed by atoms with Crippen LogP contribution in [0.3, 0.4) is 0 Å². The molecule has 0 spiro atoms. The van der Waals surface area contributed by atoms with Crippen molar-refractivity contribution in [1.29, 1.82) is 0 Å². The van der Waals surface area contributed by atoms with Gasteiger partial charge in [-0.05, 0) is 81.5 Å². The number of halogens is 2. The van der Waals surface area contributed by atoms with Gasteiger partial charge in [0.15, 0.2) is 17.1 Å². The van der Waals surface area contributed by atoms with E-state index in [2.05, 4.69) is 39.8 Å². The Bertz CT molecular complexity index is 2450. The number of hydrogen-bond donors (Lipinski definition) is 0. The Kier molecular flexibility index (Phi) is 17.6. The Hall–Kier alpha value is -4.05. The first-order valence-corrected chi connectivity index (χ1v) is 26.2. The fraction of sp³-hybridized carbons (Fsp3) is 0.585. The molecule has 15 heteroatoms. The number of carbonyl (C=O) groups excluding carboxylic acids is 1. The molecule has 5 aromatic rings. The Morgan fingerprint density at radius 1 is 0.912 bits per heavy atom. The molecule has 3 aliphatic heterocycles. The number of anilines is 1. The van der Waals surface area contributed by atoms with Gasteiger partial charge in [-0.3, -0.25) is 9.69 Å². The zero-order valence-electron chi connectivity index (χ0n) is 40.7. The van der Waals surface area contributed by atoms with Crippen LogP contribution < -0.4 is 9.64 Å². The first kappa shape index (κ1) is 50.3. The van der Waals surface area contributed by atoms with Crippen molar-refractivity contribution in [1.82, 2.24) is 24.6 Å². The maximum atomic E-state index is 16.4. The van der Waals surface area contributed by atoms with Gasteiger partial charge in [0.2, 0.25) is 5.79 Å². The molecule has 1 saturated carbocycles. The van der Waals surface area contributed by atoms with Crippen molar-refractivity contribution in [2.75, 3.05) is 58.2 Å². The second-order valence-electron chi connectivity index (χ2n) is 19.3. The molecule has 2 bridgehead atoms. The summed E-state index contributed by atoms with van der Waals surface area (Å²) in [5, 5.41) is 7.46. The topological polar surface area (TPSA) is 113 Å². The first-order valence-electron chi connectivity index (χ1n) is 24.9. The van der Waals surface area contributed by atoms with Crippen LogP contribution in [0, 0.1) is 5.82 Å². The van der Waals surface area contributed by atoms with Crippen LogP contribution in [0.15, 0.2) is 53.8 Å². The Balaban J connectivity index is 0.000000718. The molecule has 68 heavy (non-hydrogen) atoms. The highest BCUT2D eigenvalue weighted by Crippen LogP contribution is 2.54. The zero-order valence-corrected chi connectivity index (χ0v) is 42.2. The molecule has 368 valence electrons. The molecule has 3 aromatic carbocycles. The number of piperazine rings is 1. The normalized spacial score (nSPS) is 19.5. The predicted octanol–water partition coefficient (Wildman–Crippen LogP) is 12.3. The maximum Gasteiger partial charge on any atom is 0.295 e. The standard InChI is InChI=1S/C48H60ClFN6O3S.C5H10O3/c1-54-29-35-25-34(54)30-55(35)47-37-26-36(33-20-21-33)43(42-38-28-51-56(41-19-13-15-23-58-41)40(38)27-39(50)44(42)49)46(59-31-32-17-11-10-12-18-32)45(37)52-48(53-47)60-24-16-9-7-5-3-4-6-8-14-22-57-2;1-5(2,7-3)8-4-6/h10-12,17-18,26-28,33-35,41H,3-9,13-16,19-25,29-31H2,1-2H3;4H,1-3H3/t34-,35?,41?;/m0./s1. The van der Waals surface area contributed by atoms with Crippen LogP contribution in [0.25, 0.3) is 32.9 Å². The number of methoxy groups -OCH3 is 2. The van der Waals surface area contributed by atoms with Gasteiger partial charge in [-0.2, -0.15) is 5.10 Å². The number of likely N-dealkylation sites (N-methyl/N-ethyl adjacent to an activating group) is 1. The minimum atomic E-state index is -0.776. The van der Waals surface area contributed by atoms with Crippen LogP contribution in [0.2, 0.25) is 5.02 Å². The van der Waals surface area contributed by atoms with Crippen molar-refractivity contribution in [2.24, 2.45) is 0 Å². The molecule has 3 saturated heterocycles. The van der Waals surface area contributed by atoms with Gasteiger partial charge in [-0.25, -0.2) is 19.0 Å². The molecule has 5 heterocycles. The third-order valence-electron chi connectivity index (χ3n) is 14.0. The molecule has 0 N–H and O–H groups in total. The summed E-state index contributed by atoms with van der Waals surface area (Å²) in [7, 11) is 5.50. The average molecular weight is 974 g/mol. The van der Waals surface area contributed by atoms with Crippen LogP contribution in [0.1, 0.15) is 133 Å². The third kappa shape index (κ3) is 12.1. The second kappa shape index (κ2) is 23.7. The monoisotopic (exact) mass is 972 g/mol.